The van der Waals surface area contributed by atoms with Gasteiger partial charge in [0.05, 0.1) is 12.0 Å². The highest BCUT2D eigenvalue weighted by molar-refractivity contribution is 5.81. The van der Waals surface area contributed by atoms with Crippen molar-refractivity contribution in [3.8, 4) is 0 Å². The summed E-state index contributed by atoms with van der Waals surface area (Å²) in [4.78, 5) is 11.4. The summed E-state index contributed by atoms with van der Waals surface area (Å²) in [5.74, 6) is -0.563. The summed E-state index contributed by atoms with van der Waals surface area (Å²) in [5.41, 5.74) is 7.83. The maximum absolute atomic E-state index is 11.4. The van der Waals surface area contributed by atoms with Crippen LogP contribution in [0.5, 0.6) is 0 Å². The van der Waals surface area contributed by atoms with Crippen LogP contribution in [-0.2, 0) is 9.53 Å². The van der Waals surface area contributed by atoms with Crippen molar-refractivity contribution in [1.29, 1.82) is 0 Å². The van der Waals surface area contributed by atoms with E-state index in [1.807, 2.05) is 25.1 Å². The Morgan fingerprint density at radius 2 is 2.11 bits per heavy atom. The molecule has 2 N–H and O–H groups in total. The Morgan fingerprint density at radius 1 is 1.42 bits per heavy atom. The zero-order chi connectivity index (χ0) is 14.0. The molecule has 1 aromatic rings. The van der Waals surface area contributed by atoms with Gasteiger partial charge in [-0.25, -0.2) is 0 Å². The average molecular weight is 261 g/mol. The molecule has 0 spiro atoms. The van der Waals surface area contributed by atoms with Gasteiger partial charge in [-0.2, -0.15) is 0 Å². The Kier molecular flexibility index (Phi) is 3.95. The first-order chi connectivity index (χ1) is 8.91. The van der Waals surface area contributed by atoms with Crippen molar-refractivity contribution in [2.75, 3.05) is 6.61 Å². The molecule has 1 aromatic carbocycles. The van der Waals surface area contributed by atoms with Gasteiger partial charge in [-0.3, -0.25) is 4.79 Å². The van der Waals surface area contributed by atoms with Crippen molar-refractivity contribution in [3.05, 3.63) is 35.4 Å². The van der Waals surface area contributed by atoms with Gasteiger partial charge in [0.2, 0.25) is 5.91 Å². The summed E-state index contributed by atoms with van der Waals surface area (Å²) in [6, 6.07) is 7.99. The SMILES string of the molecule is C[C@@H](C(N)=O)c1ccccc1[C@@H]1CC(C)(C)CCO1. The molecule has 104 valence electrons. The second kappa shape index (κ2) is 5.33. The number of benzene rings is 1. The van der Waals surface area contributed by atoms with Gasteiger partial charge in [0.25, 0.3) is 0 Å². The summed E-state index contributed by atoms with van der Waals surface area (Å²) < 4.78 is 5.92. The fraction of sp³-hybridized carbons (Fsp3) is 0.562. The lowest BCUT2D eigenvalue weighted by Gasteiger charge is -2.36. The van der Waals surface area contributed by atoms with Gasteiger partial charge in [0.1, 0.15) is 0 Å². The number of rotatable bonds is 3. The van der Waals surface area contributed by atoms with Crippen LogP contribution in [0.3, 0.4) is 0 Å². The van der Waals surface area contributed by atoms with E-state index in [-0.39, 0.29) is 23.3 Å². The number of ether oxygens (including phenoxy) is 1. The van der Waals surface area contributed by atoms with E-state index in [4.69, 9.17) is 10.5 Å². The van der Waals surface area contributed by atoms with Gasteiger partial charge >= 0.3 is 0 Å². The second-order valence-corrected chi connectivity index (χ2v) is 6.23. The van der Waals surface area contributed by atoms with Crippen LogP contribution in [-0.4, -0.2) is 12.5 Å². The molecule has 3 heteroatoms. The smallest absolute Gasteiger partial charge is 0.224 e. The van der Waals surface area contributed by atoms with Gasteiger partial charge in [-0.1, -0.05) is 38.1 Å². The highest BCUT2D eigenvalue weighted by Gasteiger charge is 2.31. The van der Waals surface area contributed by atoms with E-state index in [1.54, 1.807) is 0 Å². The minimum atomic E-state index is -0.289. The highest BCUT2D eigenvalue weighted by atomic mass is 16.5. The molecule has 0 aliphatic carbocycles. The second-order valence-electron chi connectivity index (χ2n) is 6.23. The molecule has 0 aromatic heterocycles. The van der Waals surface area contributed by atoms with E-state index in [2.05, 4.69) is 19.9 Å². The Balaban J connectivity index is 2.32. The molecule has 0 saturated carbocycles. The van der Waals surface area contributed by atoms with Crippen molar-refractivity contribution in [2.24, 2.45) is 11.1 Å². The first kappa shape index (κ1) is 14.1. The monoisotopic (exact) mass is 261 g/mol. The fourth-order valence-electron chi connectivity index (χ4n) is 2.69. The Bertz CT molecular complexity index is 468. The summed E-state index contributed by atoms with van der Waals surface area (Å²) in [6.45, 7) is 7.16. The van der Waals surface area contributed by atoms with Gasteiger partial charge < -0.3 is 10.5 Å². The minimum absolute atomic E-state index is 0.0711. The van der Waals surface area contributed by atoms with Crippen LogP contribution < -0.4 is 5.73 Å². The Hall–Kier alpha value is -1.35. The molecule has 3 nitrogen and oxygen atoms in total. The molecule has 1 aliphatic heterocycles. The van der Waals surface area contributed by atoms with Crippen LogP contribution in [0.25, 0.3) is 0 Å². The van der Waals surface area contributed by atoms with E-state index in [0.717, 1.165) is 30.6 Å². The number of amides is 1. The molecule has 19 heavy (non-hydrogen) atoms. The maximum atomic E-state index is 11.4. The third-order valence-electron chi connectivity index (χ3n) is 4.07. The van der Waals surface area contributed by atoms with Crippen LogP contribution in [0.1, 0.15) is 56.8 Å². The fourth-order valence-corrected chi connectivity index (χ4v) is 2.69. The minimum Gasteiger partial charge on any atom is -0.373 e. The lowest BCUT2D eigenvalue weighted by atomic mass is 9.78. The van der Waals surface area contributed by atoms with Crippen LogP contribution in [0.15, 0.2) is 24.3 Å². The van der Waals surface area contributed by atoms with Crippen molar-refractivity contribution >= 4 is 5.91 Å². The predicted octanol–water partition coefficient (Wildman–Crippen LogP) is 3.15. The molecular weight excluding hydrogens is 238 g/mol. The molecule has 1 aliphatic rings. The van der Waals surface area contributed by atoms with Crippen molar-refractivity contribution in [2.45, 2.75) is 45.6 Å². The standard InChI is InChI=1S/C16H23NO2/c1-11(15(17)18)12-6-4-5-7-13(12)14-10-16(2,3)8-9-19-14/h4-7,11,14H,8-10H2,1-3H3,(H2,17,18)/t11-,14+/m1/s1. The van der Waals surface area contributed by atoms with Crippen LogP contribution in [0.2, 0.25) is 0 Å². The zero-order valence-electron chi connectivity index (χ0n) is 12.0. The van der Waals surface area contributed by atoms with Crippen LogP contribution in [0.4, 0.5) is 0 Å². The van der Waals surface area contributed by atoms with Crippen molar-refractivity contribution in [1.82, 2.24) is 0 Å². The highest BCUT2D eigenvalue weighted by Crippen LogP contribution is 2.41. The van der Waals surface area contributed by atoms with Gasteiger partial charge in [0.15, 0.2) is 0 Å². The predicted molar refractivity (Wildman–Crippen MR) is 75.8 cm³/mol. The van der Waals surface area contributed by atoms with Gasteiger partial charge in [-0.15, -0.1) is 0 Å². The Labute approximate surface area is 115 Å². The van der Waals surface area contributed by atoms with Crippen LogP contribution >= 0.6 is 0 Å². The summed E-state index contributed by atoms with van der Waals surface area (Å²) in [6.07, 6.45) is 2.13. The molecule has 2 atom stereocenters. The molecule has 1 saturated heterocycles. The molecule has 1 fully saturated rings. The molecule has 0 radical (unpaired) electrons. The lowest BCUT2D eigenvalue weighted by molar-refractivity contribution is -0.119. The largest absolute Gasteiger partial charge is 0.373 e. The first-order valence-electron chi connectivity index (χ1n) is 6.90. The molecule has 0 bridgehead atoms. The van der Waals surface area contributed by atoms with E-state index >= 15 is 0 Å². The quantitative estimate of drug-likeness (QED) is 0.908. The number of carbonyl (C=O) groups excluding carboxylic acids is 1. The first-order valence-corrected chi connectivity index (χ1v) is 6.90. The Morgan fingerprint density at radius 3 is 2.74 bits per heavy atom. The number of primary amides is 1. The van der Waals surface area contributed by atoms with E-state index in [9.17, 15) is 4.79 Å². The zero-order valence-corrected chi connectivity index (χ0v) is 12.0. The number of nitrogens with two attached hydrogens (primary N) is 1. The topological polar surface area (TPSA) is 52.3 Å². The lowest BCUT2D eigenvalue weighted by Crippen LogP contribution is -2.28. The summed E-state index contributed by atoms with van der Waals surface area (Å²) >= 11 is 0. The van der Waals surface area contributed by atoms with E-state index < -0.39 is 0 Å². The average Bonchev–Trinajstić information content (AvgIpc) is 2.36. The molecule has 1 heterocycles. The van der Waals surface area contributed by atoms with Crippen molar-refractivity contribution in [3.63, 3.8) is 0 Å². The number of carbonyl (C=O) groups is 1. The van der Waals surface area contributed by atoms with Crippen LogP contribution in [0, 0.1) is 5.41 Å². The number of hydrogen-bond donors (Lipinski definition) is 1. The summed E-state index contributed by atoms with van der Waals surface area (Å²) in [5, 5.41) is 0. The third kappa shape index (κ3) is 3.16. The van der Waals surface area contributed by atoms with E-state index in [1.165, 1.54) is 0 Å². The normalized spacial score (nSPS) is 23.8. The number of hydrogen-bond acceptors (Lipinski definition) is 2. The molecule has 0 unspecified atom stereocenters. The molecule has 2 rings (SSSR count). The van der Waals surface area contributed by atoms with Gasteiger partial charge in [-0.05, 0) is 36.3 Å². The third-order valence-corrected chi connectivity index (χ3v) is 4.07. The maximum Gasteiger partial charge on any atom is 0.224 e. The molecule has 1 amide bonds. The molecular formula is C16H23NO2. The summed E-state index contributed by atoms with van der Waals surface area (Å²) in [7, 11) is 0. The van der Waals surface area contributed by atoms with Gasteiger partial charge in [0, 0.05) is 6.61 Å². The van der Waals surface area contributed by atoms with E-state index in [0.29, 0.717) is 0 Å². The van der Waals surface area contributed by atoms with Crippen molar-refractivity contribution < 1.29 is 9.53 Å².